The van der Waals surface area contributed by atoms with E-state index in [2.05, 4.69) is 4.98 Å². The van der Waals surface area contributed by atoms with E-state index in [0.717, 1.165) is 17.7 Å². The molecular weight excluding hydrogens is 387 g/mol. The minimum atomic E-state index is -4.46. The van der Waals surface area contributed by atoms with Crippen LogP contribution in [0.15, 0.2) is 66.9 Å². The van der Waals surface area contributed by atoms with Crippen LogP contribution >= 0.6 is 0 Å². The van der Waals surface area contributed by atoms with E-state index in [1.807, 2.05) is 0 Å². The molecule has 0 atom stereocenters. The van der Waals surface area contributed by atoms with Gasteiger partial charge in [0.1, 0.15) is 17.2 Å². The van der Waals surface area contributed by atoms with Gasteiger partial charge in [-0.25, -0.2) is 4.98 Å². The van der Waals surface area contributed by atoms with Gasteiger partial charge in [-0.3, -0.25) is 4.79 Å². The maximum Gasteiger partial charge on any atom is 0.417 e. The third-order valence-electron chi connectivity index (χ3n) is 3.85. The third-order valence-corrected chi connectivity index (χ3v) is 3.85. The molecule has 29 heavy (non-hydrogen) atoms. The zero-order chi connectivity index (χ0) is 20.9. The van der Waals surface area contributed by atoms with Crippen molar-refractivity contribution in [3.63, 3.8) is 0 Å². The second-order valence-electron chi connectivity index (χ2n) is 5.96. The van der Waals surface area contributed by atoms with Crippen molar-refractivity contribution in [2.75, 3.05) is 7.11 Å². The number of pyridine rings is 1. The van der Waals surface area contributed by atoms with Crippen LogP contribution in [0.4, 0.5) is 13.2 Å². The van der Waals surface area contributed by atoms with Gasteiger partial charge in [-0.2, -0.15) is 13.2 Å². The van der Waals surface area contributed by atoms with E-state index in [-0.39, 0.29) is 12.3 Å². The number of aromatic nitrogens is 1. The van der Waals surface area contributed by atoms with Crippen molar-refractivity contribution in [3.05, 3.63) is 78.0 Å². The number of rotatable bonds is 6. The fourth-order valence-electron chi connectivity index (χ4n) is 2.38. The molecule has 0 N–H and O–H groups in total. The predicted molar refractivity (Wildman–Crippen MR) is 98.1 cm³/mol. The van der Waals surface area contributed by atoms with Crippen molar-refractivity contribution in [2.24, 2.45) is 0 Å². The molecule has 0 unspecified atom stereocenters. The summed E-state index contributed by atoms with van der Waals surface area (Å²) in [6.07, 6.45) is -3.66. The van der Waals surface area contributed by atoms with Crippen LogP contribution in [0.25, 0.3) is 0 Å². The van der Waals surface area contributed by atoms with Crippen molar-refractivity contribution in [1.29, 1.82) is 0 Å². The molecule has 0 radical (unpaired) electrons. The molecule has 0 aliphatic rings. The monoisotopic (exact) mass is 403 g/mol. The maximum atomic E-state index is 12.5. The Morgan fingerprint density at radius 1 is 0.897 bits per heavy atom. The van der Waals surface area contributed by atoms with Crippen molar-refractivity contribution >= 4 is 5.97 Å². The first kappa shape index (κ1) is 20.2. The fourth-order valence-corrected chi connectivity index (χ4v) is 2.38. The number of alkyl halides is 3. The topological polar surface area (TPSA) is 57.7 Å². The quantitative estimate of drug-likeness (QED) is 0.426. The molecule has 1 heterocycles. The number of hydrogen-bond acceptors (Lipinski definition) is 5. The van der Waals surface area contributed by atoms with Crippen LogP contribution in [0.5, 0.6) is 23.1 Å². The van der Waals surface area contributed by atoms with Crippen LogP contribution in [0, 0.1) is 0 Å². The van der Waals surface area contributed by atoms with Crippen LogP contribution < -0.4 is 14.2 Å². The minimum absolute atomic E-state index is 0.0160. The van der Waals surface area contributed by atoms with E-state index in [1.165, 1.54) is 24.3 Å². The lowest BCUT2D eigenvalue weighted by atomic mass is 10.1. The zero-order valence-corrected chi connectivity index (χ0v) is 15.3. The highest BCUT2D eigenvalue weighted by Crippen LogP contribution is 2.30. The van der Waals surface area contributed by atoms with Gasteiger partial charge in [0, 0.05) is 12.3 Å². The van der Waals surface area contributed by atoms with Gasteiger partial charge in [-0.05, 0) is 48.0 Å². The first-order chi connectivity index (χ1) is 13.8. The van der Waals surface area contributed by atoms with Crippen molar-refractivity contribution < 1.29 is 32.2 Å². The van der Waals surface area contributed by atoms with Crippen LogP contribution in [-0.4, -0.2) is 18.1 Å². The summed E-state index contributed by atoms with van der Waals surface area (Å²) in [4.78, 5) is 15.7. The first-order valence-electron chi connectivity index (χ1n) is 8.48. The summed E-state index contributed by atoms with van der Waals surface area (Å²) >= 11 is 0. The molecule has 0 spiro atoms. The number of halogens is 3. The van der Waals surface area contributed by atoms with Gasteiger partial charge in [0.15, 0.2) is 0 Å². The van der Waals surface area contributed by atoms with Crippen molar-refractivity contribution in [1.82, 2.24) is 4.98 Å². The molecule has 0 amide bonds. The largest absolute Gasteiger partial charge is 0.497 e. The lowest BCUT2D eigenvalue weighted by Crippen LogP contribution is -2.11. The molecule has 0 aliphatic carbocycles. The van der Waals surface area contributed by atoms with Gasteiger partial charge in [0.05, 0.1) is 19.1 Å². The highest BCUT2D eigenvalue weighted by molar-refractivity contribution is 5.75. The number of carbonyl (C=O) groups excluding carboxylic acids is 1. The number of hydrogen-bond donors (Lipinski definition) is 0. The minimum Gasteiger partial charge on any atom is -0.497 e. The highest BCUT2D eigenvalue weighted by Gasteiger charge is 2.30. The summed E-state index contributed by atoms with van der Waals surface area (Å²) in [5.41, 5.74) is -0.0758. The fraction of sp³-hybridized carbons (Fsp3) is 0.143. The normalized spacial score (nSPS) is 11.0. The molecule has 0 bridgehead atoms. The van der Waals surface area contributed by atoms with Crippen LogP contribution in [-0.2, 0) is 17.4 Å². The van der Waals surface area contributed by atoms with E-state index >= 15 is 0 Å². The molecule has 2 aromatic carbocycles. The summed E-state index contributed by atoms with van der Waals surface area (Å²) in [7, 11) is 1.56. The van der Waals surface area contributed by atoms with Crippen LogP contribution in [0.1, 0.15) is 11.1 Å². The SMILES string of the molecule is COc1ccc(CC(=O)Oc2ccc(Oc3ccc(C(F)(F)F)cn3)cc2)cc1. The number of methoxy groups -OCH3 is 1. The van der Waals surface area contributed by atoms with Gasteiger partial charge in [-0.15, -0.1) is 0 Å². The van der Waals surface area contributed by atoms with E-state index in [0.29, 0.717) is 23.4 Å². The zero-order valence-electron chi connectivity index (χ0n) is 15.3. The van der Waals surface area contributed by atoms with Gasteiger partial charge >= 0.3 is 12.1 Å². The number of ether oxygens (including phenoxy) is 3. The van der Waals surface area contributed by atoms with E-state index < -0.39 is 17.7 Å². The van der Waals surface area contributed by atoms with Gasteiger partial charge in [-0.1, -0.05) is 12.1 Å². The maximum absolute atomic E-state index is 12.5. The molecule has 1 aromatic heterocycles. The smallest absolute Gasteiger partial charge is 0.417 e. The molecule has 0 aliphatic heterocycles. The molecule has 3 aromatic rings. The molecule has 0 saturated heterocycles. The van der Waals surface area contributed by atoms with Gasteiger partial charge in [0.2, 0.25) is 5.88 Å². The van der Waals surface area contributed by atoms with Gasteiger partial charge in [0.25, 0.3) is 0 Å². The molecule has 3 rings (SSSR count). The lowest BCUT2D eigenvalue weighted by molar-refractivity contribution is -0.138. The molecule has 8 heteroatoms. The number of nitrogens with zero attached hydrogens (tertiary/aromatic N) is 1. The van der Waals surface area contributed by atoms with E-state index in [9.17, 15) is 18.0 Å². The van der Waals surface area contributed by atoms with Crippen LogP contribution in [0.3, 0.4) is 0 Å². The summed E-state index contributed by atoms with van der Waals surface area (Å²) in [6, 6.07) is 15.2. The molecular formula is C21H16F3NO4. The molecule has 0 saturated carbocycles. The van der Waals surface area contributed by atoms with Crippen molar-refractivity contribution in [3.8, 4) is 23.1 Å². The Morgan fingerprint density at radius 2 is 1.52 bits per heavy atom. The lowest BCUT2D eigenvalue weighted by Gasteiger charge is -2.09. The molecule has 0 fully saturated rings. The van der Waals surface area contributed by atoms with Gasteiger partial charge < -0.3 is 14.2 Å². The second-order valence-corrected chi connectivity index (χ2v) is 5.96. The molecule has 5 nitrogen and oxygen atoms in total. The molecule has 150 valence electrons. The van der Waals surface area contributed by atoms with E-state index in [1.54, 1.807) is 31.4 Å². The number of esters is 1. The van der Waals surface area contributed by atoms with Crippen molar-refractivity contribution in [2.45, 2.75) is 12.6 Å². The summed E-state index contributed by atoms with van der Waals surface area (Å²) in [6.45, 7) is 0. The predicted octanol–water partition coefficient (Wildman–Crippen LogP) is 5.05. The Morgan fingerprint density at radius 3 is 2.07 bits per heavy atom. The standard InChI is InChI=1S/C21H16F3NO4/c1-27-16-5-2-14(3-6-16)12-20(26)29-18-9-7-17(8-10-18)28-19-11-4-15(13-25-19)21(22,23)24/h2-11,13H,12H2,1H3. The summed E-state index contributed by atoms with van der Waals surface area (Å²) in [5, 5.41) is 0. The number of benzene rings is 2. The Kier molecular flexibility index (Phi) is 6.01. The second kappa shape index (κ2) is 8.64. The summed E-state index contributed by atoms with van der Waals surface area (Å²) < 4.78 is 53.3. The Bertz CT molecular complexity index is 953. The summed E-state index contributed by atoms with van der Waals surface area (Å²) in [5.74, 6) is 0.930. The average Bonchev–Trinajstić information content (AvgIpc) is 2.70. The van der Waals surface area contributed by atoms with Crippen LogP contribution in [0.2, 0.25) is 0 Å². The van der Waals surface area contributed by atoms with E-state index in [4.69, 9.17) is 14.2 Å². The Balaban J connectivity index is 1.56. The Hall–Kier alpha value is -3.55. The Labute approximate surface area is 164 Å². The average molecular weight is 403 g/mol. The first-order valence-corrected chi connectivity index (χ1v) is 8.48. The number of carbonyl (C=O) groups is 1. The highest BCUT2D eigenvalue weighted by atomic mass is 19.4. The third kappa shape index (κ3) is 5.71.